The fraction of sp³-hybridized carbons (Fsp3) is 0.222. The van der Waals surface area contributed by atoms with E-state index in [-0.39, 0.29) is 22.7 Å². The average Bonchev–Trinajstić information content (AvgIpc) is 2.67. The summed E-state index contributed by atoms with van der Waals surface area (Å²) in [6.07, 6.45) is 2.02. The molecule has 0 unspecified atom stereocenters. The van der Waals surface area contributed by atoms with Gasteiger partial charge in [-0.15, -0.1) is 0 Å². The molecule has 0 fully saturated rings. The van der Waals surface area contributed by atoms with Gasteiger partial charge < -0.3 is 10.6 Å². The summed E-state index contributed by atoms with van der Waals surface area (Å²) in [6, 6.07) is 5.13. The minimum Gasteiger partial charge on any atom is -0.340 e. The average molecular weight is 444 g/mol. The van der Waals surface area contributed by atoms with Crippen LogP contribution in [-0.2, 0) is 4.79 Å². The van der Waals surface area contributed by atoms with Gasteiger partial charge in [-0.05, 0) is 42.7 Å². The monoisotopic (exact) mass is 443 g/mol. The first-order chi connectivity index (χ1) is 13.7. The van der Waals surface area contributed by atoms with Crippen LogP contribution in [-0.4, -0.2) is 34.8 Å². The number of carbonyl (C=O) groups excluding carboxylic acids is 2. The highest BCUT2D eigenvalue weighted by molar-refractivity contribution is 7.98. The van der Waals surface area contributed by atoms with Crippen molar-refractivity contribution in [3.8, 4) is 0 Å². The van der Waals surface area contributed by atoms with Crippen molar-refractivity contribution in [2.75, 3.05) is 17.3 Å². The second-order valence-corrected chi connectivity index (χ2v) is 7.24. The summed E-state index contributed by atoms with van der Waals surface area (Å²) in [5, 5.41) is 15.6. The van der Waals surface area contributed by atoms with Gasteiger partial charge in [0.2, 0.25) is 5.91 Å². The van der Waals surface area contributed by atoms with Crippen LogP contribution in [0.4, 0.5) is 20.2 Å². The minimum absolute atomic E-state index is 0.0592. The zero-order valence-corrected chi connectivity index (χ0v) is 16.7. The molecule has 154 valence electrons. The molecular weight excluding hydrogens is 428 g/mol. The zero-order chi connectivity index (χ0) is 21.6. The molecule has 0 spiro atoms. The van der Waals surface area contributed by atoms with Crippen molar-refractivity contribution in [1.82, 2.24) is 5.32 Å². The molecule has 2 N–H and O–H groups in total. The van der Waals surface area contributed by atoms with Crippen LogP contribution in [0.2, 0.25) is 5.02 Å². The van der Waals surface area contributed by atoms with Gasteiger partial charge in [-0.3, -0.25) is 19.7 Å². The maximum atomic E-state index is 13.8. The lowest BCUT2D eigenvalue weighted by Gasteiger charge is -2.18. The molecule has 11 heteroatoms. The van der Waals surface area contributed by atoms with E-state index in [0.717, 1.165) is 18.2 Å². The molecule has 2 rings (SSSR count). The number of nitrogens with one attached hydrogen (secondary N) is 2. The van der Waals surface area contributed by atoms with Crippen LogP contribution in [0, 0.1) is 21.7 Å². The normalized spacial score (nSPS) is 11.6. The second-order valence-electron chi connectivity index (χ2n) is 5.84. The number of carbonyl (C=O) groups is 2. The van der Waals surface area contributed by atoms with Gasteiger partial charge in [-0.2, -0.15) is 11.8 Å². The van der Waals surface area contributed by atoms with Crippen molar-refractivity contribution in [2.24, 2.45) is 0 Å². The van der Waals surface area contributed by atoms with Gasteiger partial charge in [0, 0.05) is 17.7 Å². The number of anilines is 1. The van der Waals surface area contributed by atoms with Crippen molar-refractivity contribution < 1.29 is 23.3 Å². The first-order valence-electron chi connectivity index (χ1n) is 8.22. The van der Waals surface area contributed by atoms with E-state index >= 15 is 0 Å². The van der Waals surface area contributed by atoms with Gasteiger partial charge in [0.1, 0.15) is 22.7 Å². The number of nitro groups is 1. The van der Waals surface area contributed by atoms with Crippen LogP contribution in [0.15, 0.2) is 36.4 Å². The van der Waals surface area contributed by atoms with E-state index in [1.807, 2.05) is 0 Å². The Labute approximate surface area is 174 Å². The third kappa shape index (κ3) is 6.13. The number of halogens is 3. The lowest BCUT2D eigenvalue weighted by Crippen LogP contribution is -2.44. The van der Waals surface area contributed by atoms with Crippen LogP contribution >= 0.6 is 23.4 Å². The summed E-state index contributed by atoms with van der Waals surface area (Å²) in [7, 11) is 0. The highest BCUT2D eigenvalue weighted by atomic mass is 35.5. The molecule has 0 radical (unpaired) electrons. The van der Waals surface area contributed by atoms with Crippen molar-refractivity contribution in [2.45, 2.75) is 12.5 Å². The van der Waals surface area contributed by atoms with Gasteiger partial charge >= 0.3 is 0 Å². The van der Waals surface area contributed by atoms with Crippen LogP contribution < -0.4 is 10.6 Å². The van der Waals surface area contributed by atoms with Crippen molar-refractivity contribution in [3.05, 3.63) is 68.7 Å². The molecule has 7 nitrogen and oxygen atoms in total. The summed E-state index contributed by atoms with van der Waals surface area (Å²) >= 11 is 7.16. The molecule has 0 bridgehead atoms. The maximum Gasteiger partial charge on any atom is 0.288 e. The molecule has 0 saturated heterocycles. The van der Waals surface area contributed by atoms with Crippen LogP contribution in [0.25, 0.3) is 0 Å². The van der Waals surface area contributed by atoms with Crippen LogP contribution in [0.1, 0.15) is 16.8 Å². The second kappa shape index (κ2) is 10.2. The summed E-state index contributed by atoms with van der Waals surface area (Å²) in [4.78, 5) is 35.3. The lowest BCUT2D eigenvalue weighted by molar-refractivity contribution is -0.384. The van der Waals surface area contributed by atoms with Crippen molar-refractivity contribution >= 4 is 46.6 Å². The number of benzene rings is 2. The topological polar surface area (TPSA) is 101 Å². The van der Waals surface area contributed by atoms with E-state index in [1.54, 1.807) is 6.26 Å². The Bertz CT molecular complexity index is 945. The lowest BCUT2D eigenvalue weighted by atomic mass is 10.1. The number of rotatable bonds is 8. The number of thioether (sulfide) groups is 1. The van der Waals surface area contributed by atoms with Gasteiger partial charge in [0.15, 0.2) is 0 Å². The smallest absolute Gasteiger partial charge is 0.288 e. The Morgan fingerprint density at radius 2 is 1.97 bits per heavy atom. The fourth-order valence-electron chi connectivity index (χ4n) is 2.35. The number of hydrogen-bond acceptors (Lipinski definition) is 5. The highest BCUT2D eigenvalue weighted by Gasteiger charge is 2.24. The Hall–Kier alpha value is -2.72. The SMILES string of the molecule is CSCC[C@@H](NC(=O)c1ccc(Cl)c([N+](=O)[O-])c1)C(=O)Nc1ccc(F)cc1F. The Balaban J connectivity index is 2.19. The Morgan fingerprint density at radius 1 is 1.24 bits per heavy atom. The quantitative estimate of drug-likeness (QED) is 0.474. The van der Waals surface area contributed by atoms with E-state index < -0.39 is 40.1 Å². The zero-order valence-electron chi connectivity index (χ0n) is 15.1. The molecular formula is C18H16ClF2N3O4S. The van der Waals surface area contributed by atoms with E-state index in [0.29, 0.717) is 11.8 Å². The third-order valence-corrected chi connectivity index (χ3v) is 4.79. The Morgan fingerprint density at radius 3 is 2.59 bits per heavy atom. The van der Waals surface area contributed by atoms with E-state index in [9.17, 15) is 28.5 Å². The first kappa shape index (κ1) is 22.6. The van der Waals surface area contributed by atoms with Gasteiger partial charge in [0.05, 0.1) is 10.6 Å². The van der Waals surface area contributed by atoms with E-state index in [4.69, 9.17) is 11.6 Å². The molecule has 29 heavy (non-hydrogen) atoms. The molecule has 1 atom stereocenters. The minimum atomic E-state index is -1.05. The largest absolute Gasteiger partial charge is 0.340 e. The summed E-state index contributed by atoms with van der Waals surface area (Å²) in [5.74, 6) is -2.68. The number of nitrogens with zero attached hydrogens (tertiary/aromatic N) is 1. The number of nitro benzene ring substituents is 1. The molecule has 0 aromatic heterocycles. The first-order valence-corrected chi connectivity index (χ1v) is 9.99. The molecule has 0 aliphatic carbocycles. The van der Waals surface area contributed by atoms with Gasteiger partial charge in [-0.25, -0.2) is 8.78 Å². The third-order valence-electron chi connectivity index (χ3n) is 3.83. The van der Waals surface area contributed by atoms with E-state index in [2.05, 4.69) is 10.6 Å². The summed E-state index contributed by atoms with van der Waals surface area (Å²) in [5.41, 5.74) is -0.740. The standard InChI is InChI=1S/C18H16ClF2N3O4S/c1-29-7-6-15(18(26)22-14-5-3-11(20)9-13(14)21)23-17(25)10-2-4-12(19)16(8-10)24(27)28/h2-5,8-9,15H,6-7H2,1H3,(H,22,26)(H,23,25)/t15-/m1/s1. The van der Waals surface area contributed by atoms with Crippen molar-refractivity contribution in [3.63, 3.8) is 0 Å². The maximum absolute atomic E-state index is 13.8. The highest BCUT2D eigenvalue weighted by Crippen LogP contribution is 2.25. The molecule has 2 aromatic rings. The number of amides is 2. The molecule has 0 aliphatic heterocycles. The predicted octanol–water partition coefficient (Wildman–Crippen LogP) is 4.02. The predicted molar refractivity (Wildman–Crippen MR) is 107 cm³/mol. The van der Waals surface area contributed by atoms with Gasteiger partial charge in [0.25, 0.3) is 11.6 Å². The molecule has 2 aromatic carbocycles. The fourth-order valence-corrected chi connectivity index (χ4v) is 3.01. The Kier molecular flexibility index (Phi) is 7.91. The molecule has 0 heterocycles. The molecule has 0 saturated carbocycles. The van der Waals surface area contributed by atoms with Crippen molar-refractivity contribution in [1.29, 1.82) is 0 Å². The molecule has 2 amide bonds. The number of hydrogen-bond donors (Lipinski definition) is 2. The van der Waals surface area contributed by atoms with Gasteiger partial charge in [-0.1, -0.05) is 11.6 Å². The van der Waals surface area contributed by atoms with Crippen LogP contribution in [0.3, 0.4) is 0 Å². The summed E-state index contributed by atoms with van der Waals surface area (Å²) < 4.78 is 26.8. The molecule has 0 aliphatic rings. The van der Waals surface area contributed by atoms with E-state index in [1.165, 1.54) is 23.9 Å². The van der Waals surface area contributed by atoms with Crippen LogP contribution in [0.5, 0.6) is 0 Å². The summed E-state index contributed by atoms with van der Waals surface area (Å²) in [6.45, 7) is 0.